The number of aliphatic hydroxyl groups is 1. The summed E-state index contributed by atoms with van der Waals surface area (Å²) in [5.41, 5.74) is 0.519. The number of nitrogens with one attached hydrogen (secondary N) is 2. The third-order valence-electron chi connectivity index (χ3n) is 9.91. The van der Waals surface area contributed by atoms with Gasteiger partial charge >= 0.3 is 12.1 Å². The van der Waals surface area contributed by atoms with Gasteiger partial charge in [-0.05, 0) is 81.4 Å². The fraction of sp³-hybridized carbons (Fsp3) is 0.514. The van der Waals surface area contributed by atoms with Crippen molar-refractivity contribution in [2.45, 2.75) is 113 Å². The summed E-state index contributed by atoms with van der Waals surface area (Å²) in [6.07, 6.45) is 6.10. The number of aliphatic carboxylic acids is 1. The van der Waals surface area contributed by atoms with Crippen LogP contribution < -0.4 is 15.4 Å². The minimum atomic E-state index is -1.80. The number of likely N-dealkylation sites (tertiary alicyclic amines) is 1. The first-order valence-electron chi connectivity index (χ1n) is 17.8. The zero-order valence-corrected chi connectivity index (χ0v) is 29.3. The maximum absolute atomic E-state index is 14.4. The predicted molar refractivity (Wildman–Crippen MR) is 190 cm³/mol. The molecule has 3 aromatic rings. The van der Waals surface area contributed by atoms with Crippen molar-refractivity contribution in [2.75, 3.05) is 6.54 Å². The molecule has 51 heavy (non-hydrogen) atoms. The fourth-order valence-corrected chi connectivity index (χ4v) is 7.65. The van der Waals surface area contributed by atoms with E-state index in [1.165, 1.54) is 16.2 Å². The van der Waals surface area contributed by atoms with Crippen LogP contribution in [-0.2, 0) is 19.1 Å². The minimum Gasteiger partial charge on any atom is -0.479 e. The number of allylic oxidation sites excluding steroid dienone is 1. The molecule has 4 atom stereocenters. The molecule has 1 unspecified atom stereocenters. The Morgan fingerprint density at radius 3 is 2.45 bits per heavy atom. The number of aliphatic hydroxyl groups excluding tert-OH is 1. The van der Waals surface area contributed by atoms with Crippen molar-refractivity contribution in [1.82, 2.24) is 25.5 Å². The molecule has 6 rings (SSSR count). The minimum absolute atomic E-state index is 0.00386. The lowest BCUT2D eigenvalue weighted by Gasteiger charge is -2.30. The van der Waals surface area contributed by atoms with Gasteiger partial charge in [0.15, 0.2) is 6.10 Å². The van der Waals surface area contributed by atoms with E-state index in [9.17, 15) is 29.4 Å². The van der Waals surface area contributed by atoms with Crippen molar-refractivity contribution in [1.29, 1.82) is 0 Å². The van der Waals surface area contributed by atoms with Gasteiger partial charge in [-0.25, -0.2) is 19.6 Å². The normalized spacial score (nSPS) is 20.8. The van der Waals surface area contributed by atoms with Crippen LogP contribution in [-0.4, -0.2) is 91.4 Å². The molecule has 1 aliphatic heterocycles. The topological polar surface area (TPSA) is 180 Å². The second-order valence-electron chi connectivity index (χ2n) is 13.6. The molecule has 3 amide bonds. The average molecular weight is 720 g/mol. The lowest BCUT2D eigenvalue weighted by Crippen LogP contribution is -2.57. The van der Waals surface area contributed by atoms with E-state index in [2.05, 4.69) is 17.2 Å². The third-order valence-corrected chi connectivity index (χ3v) is 10.8. The molecule has 3 aliphatic rings. The molecule has 1 aromatic carbocycles. The Balaban J connectivity index is 1.27. The van der Waals surface area contributed by atoms with Crippen LogP contribution in [0, 0.1) is 0 Å². The summed E-state index contributed by atoms with van der Waals surface area (Å²) in [6.45, 7) is 3.76. The summed E-state index contributed by atoms with van der Waals surface area (Å²) in [5, 5.41) is 27.4. The van der Waals surface area contributed by atoms with E-state index in [0.29, 0.717) is 29.6 Å². The zero-order valence-electron chi connectivity index (χ0n) is 28.5. The van der Waals surface area contributed by atoms with Crippen molar-refractivity contribution in [3.8, 4) is 16.5 Å². The molecule has 2 aliphatic carbocycles. The van der Waals surface area contributed by atoms with Gasteiger partial charge in [0, 0.05) is 6.42 Å². The number of para-hydroxylation sites is 2. The second-order valence-corrected chi connectivity index (χ2v) is 14.6. The Morgan fingerprint density at radius 1 is 1.04 bits per heavy atom. The Bertz CT molecular complexity index is 1720. The number of thiophene rings is 1. The highest BCUT2D eigenvalue weighted by molar-refractivity contribution is 7.13. The van der Waals surface area contributed by atoms with Crippen molar-refractivity contribution in [3.63, 3.8) is 0 Å². The Hall–Kier alpha value is -4.56. The number of ether oxygens (including phenoxy) is 2. The summed E-state index contributed by atoms with van der Waals surface area (Å²) < 4.78 is 12.1. The Morgan fingerprint density at radius 2 is 1.78 bits per heavy atom. The van der Waals surface area contributed by atoms with Gasteiger partial charge in [0.05, 0.1) is 28.0 Å². The average Bonchev–Trinajstić information content (AvgIpc) is 3.53. The molecule has 3 heterocycles. The second kappa shape index (κ2) is 16.2. The molecule has 0 spiro atoms. The van der Waals surface area contributed by atoms with Crippen LogP contribution in [0.15, 0.2) is 54.4 Å². The van der Waals surface area contributed by atoms with Gasteiger partial charge in [-0.3, -0.25) is 9.59 Å². The molecule has 2 saturated carbocycles. The first-order chi connectivity index (χ1) is 24.7. The summed E-state index contributed by atoms with van der Waals surface area (Å²) >= 11 is 1.48. The lowest BCUT2D eigenvalue weighted by atomic mass is 10.0. The largest absolute Gasteiger partial charge is 0.479 e. The van der Waals surface area contributed by atoms with Crippen molar-refractivity contribution in [2.24, 2.45) is 0 Å². The van der Waals surface area contributed by atoms with Crippen molar-refractivity contribution < 1.29 is 38.9 Å². The van der Waals surface area contributed by atoms with Gasteiger partial charge in [0.25, 0.3) is 0 Å². The monoisotopic (exact) mass is 719 g/mol. The molecule has 14 heteroatoms. The molecular formula is C37H45N5O8S. The zero-order chi connectivity index (χ0) is 36.0. The number of carbonyl (C=O) groups is 4. The highest BCUT2D eigenvalue weighted by Gasteiger charge is 2.55. The standard InChI is InChI=1S/C37H45N5O8S/c1-2-3-4-5-6-16-27(40-36(48)50-23-12-7-8-13-23)34(45)42-22-24(21-28(42)32(44)41-37(18-19-37)31(43)35(46)47)49-33-30(29-17-11-20-51-29)38-25-14-9-10-15-26(25)39-33/h2,9-11,14-15,17,20,23-24,27-28,31,43H,1,3-8,12-13,16,18-19,21-22H2,(H,40,48)(H,41,44)(H,46,47)/t24-,27+,28+,31?/m1/s1. The maximum Gasteiger partial charge on any atom is 0.408 e. The van der Waals surface area contributed by atoms with Crippen LogP contribution in [0.25, 0.3) is 21.6 Å². The van der Waals surface area contributed by atoms with E-state index in [0.717, 1.165) is 49.8 Å². The molecule has 1 saturated heterocycles. The van der Waals surface area contributed by atoms with Crippen LogP contribution in [0.3, 0.4) is 0 Å². The first-order valence-corrected chi connectivity index (χ1v) is 18.6. The number of carboxylic acid groups (broad SMARTS) is 1. The molecule has 3 fully saturated rings. The molecule has 0 bridgehead atoms. The number of rotatable bonds is 16. The number of aromatic nitrogens is 2. The number of benzene rings is 1. The van der Waals surface area contributed by atoms with Crippen LogP contribution in [0.5, 0.6) is 5.88 Å². The molecule has 13 nitrogen and oxygen atoms in total. The summed E-state index contributed by atoms with van der Waals surface area (Å²) in [4.78, 5) is 65.0. The molecule has 2 aromatic heterocycles. The van der Waals surface area contributed by atoms with E-state index < -0.39 is 53.7 Å². The van der Waals surface area contributed by atoms with Crippen LogP contribution >= 0.6 is 11.3 Å². The van der Waals surface area contributed by atoms with E-state index in [4.69, 9.17) is 19.4 Å². The summed E-state index contributed by atoms with van der Waals surface area (Å²) in [5.74, 6) is -2.26. The third kappa shape index (κ3) is 8.67. The van der Waals surface area contributed by atoms with Gasteiger partial charge in [-0.15, -0.1) is 17.9 Å². The number of amides is 3. The fourth-order valence-electron chi connectivity index (χ4n) is 6.94. The van der Waals surface area contributed by atoms with E-state index >= 15 is 0 Å². The van der Waals surface area contributed by atoms with Crippen molar-refractivity contribution in [3.05, 3.63) is 54.4 Å². The predicted octanol–water partition coefficient (Wildman–Crippen LogP) is 4.97. The van der Waals surface area contributed by atoms with Gasteiger partial charge in [0.1, 0.15) is 30.0 Å². The Labute approximate surface area is 300 Å². The molecule has 4 N–H and O–H groups in total. The SMILES string of the molecule is C=CCCCCC[C@H](NC(=O)OC1CCCC1)C(=O)N1C[C@H](Oc2nc3ccccc3nc2-c2cccs2)C[C@H]1C(=O)NC1(C(O)C(=O)O)CC1. The smallest absolute Gasteiger partial charge is 0.408 e. The van der Waals surface area contributed by atoms with Crippen molar-refractivity contribution >= 4 is 46.2 Å². The lowest BCUT2D eigenvalue weighted by molar-refractivity contribution is -0.150. The van der Waals surface area contributed by atoms with Gasteiger partial charge in [-0.2, -0.15) is 0 Å². The first kappa shape index (κ1) is 36.2. The number of carboxylic acids is 1. The number of hydrogen-bond donors (Lipinski definition) is 4. The van der Waals surface area contributed by atoms with E-state index in [-0.39, 0.29) is 37.8 Å². The van der Waals surface area contributed by atoms with Crippen LogP contribution in [0.2, 0.25) is 0 Å². The van der Waals surface area contributed by atoms with Gasteiger partial charge in [-0.1, -0.05) is 37.1 Å². The summed E-state index contributed by atoms with van der Waals surface area (Å²) in [7, 11) is 0. The highest BCUT2D eigenvalue weighted by Crippen LogP contribution is 2.40. The van der Waals surface area contributed by atoms with E-state index in [1.54, 1.807) is 0 Å². The number of carbonyl (C=O) groups excluding carboxylic acids is 3. The highest BCUT2D eigenvalue weighted by atomic mass is 32.1. The quantitative estimate of drug-likeness (QED) is 0.117. The Kier molecular flexibility index (Phi) is 11.5. The van der Waals surface area contributed by atoms with Gasteiger partial charge < -0.3 is 35.2 Å². The number of alkyl carbamates (subject to hydrolysis) is 1. The summed E-state index contributed by atoms with van der Waals surface area (Å²) in [6, 6.07) is 9.18. The van der Waals surface area contributed by atoms with Crippen LogP contribution in [0.4, 0.5) is 4.79 Å². The number of fused-ring (bicyclic) bond motifs is 1. The molecule has 0 radical (unpaired) electrons. The molecule has 272 valence electrons. The number of nitrogens with zero attached hydrogens (tertiary/aromatic N) is 3. The maximum atomic E-state index is 14.4. The number of hydrogen-bond acceptors (Lipinski definition) is 10. The van der Waals surface area contributed by atoms with Gasteiger partial charge in [0.2, 0.25) is 17.7 Å². The van der Waals surface area contributed by atoms with Crippen LogP contribution in [0.1, 0.15) is 77.0 Å². The number of unbranched alkanes of at least 4 members (excludes halogenated alkanes) is 3. The molecular weight excluding hydrogens is 675 g/mol. The van der Waals surface area contributed by atoms with E-state index in [1.807, 2.05) is 47.9 Å².